The molecule has 0 bridgehead atoms. The first-order chi connectivity index (χ1) is 10.2. The van der Waals surface area contributed by atoms with Crippen LogP contribution in [0.25, 0.3) is 0 Å². The summed E-state index contributed by atoms with van der Waals surface area (Å²) in [7, 11) is 0. The molecule has 0 unspecified atom stereocenters. The molecule has 0 atom stereocenters. The van der Waals surface area contributed by atoms with Gasteiger partial charge in [-0.15, -0.1) is 11.8 Å². The van der Waals surface area contributed by atoms with E-state index in [1.54, 1.807) is 17.8 Å². The van der Waals surface area contributed by atoms with E-state index in [9.17, 15) is 4.79 Å². The lowest BCUT2D eigenvalue weighted by Gasteiger charge is -2.06. The highest BCUT2D eigenvalue weighted by Crippen LogP contribution is 2.24. The number of thioether (sulfide) groups is 1. The highest BCUT2D eigenvalue weighted by Gasteiger charge is 2.20. The van der Waals surface area contributed by atoms with Crippen LogP contribution in [0.15, 0.2) is 44.5 Å². The molecule has 110 valence electrons. The molecule has 1 aromatic heterocycles. The molecule has 1 aliphatic rings. The van der Waals surface area contributed by atoms with Gasteiger partial charge in [0.2, 0.25) is 0 Å². The quantitative estimate of drug-likeness (QED) is 0.772. The van der Waals surface area contributed by atoms with Gasteiger partial charge in [0, 0.05) is 28.0 Å². The van der Waals surface area contributed by atoms with Gasteiger partial charge in [-0.3, -0.25) is 4.79 Å². The molecule has 0 radical (unpaired) electrons. The van der Waals surface area contributed by atoms with Crippen molar-refractivity contribution in [2.75, 3.05) is 0 Å². The molecule has 1 saturated carbocycles. The zero-order valence-electron chi connectivity index (χ0n) is 11.4. The number of hydrogen-bond acceptors (Lipinski definition) is 4. The first-order valence-electron chi connectivity index (χ1n) is 6.90. The molecule has 3 rings (SSSR count). The van der Waals surface area contributed by atoms with Gasteiger partial charge in [-0.1, -0.05) is 22.0 Å². The van der Waals surface area contributed by atoms with Crippen LogP contribution in [0.3, 0.4) is 0 Å². The average Bonchev–Trinajstić information content (AvgIpc) is 3.27. The smallest absolute Gasteiger partial charge is 0.251 e. The first-order valence-corrected chi connectivity index (χ1v) is 8.68. The molecule has 6 heteroatoms. The van der Waals surface area contributed by atoms with E-state index < -0.39 is 0 Å². The van der Waals surface area contributed by atoms with Crippen molar-refractivity contribution in [1.29, 1.82) is 0 Å². The van der Waals surface area contributed by atoms with E-state index in [0.29, 0.717) is 18.3 Å². The molecule has 1 aromatic carbocycles. The van der Waals surface area contributed by atoms with Gasteiger partial charge < -0.3 is 10.3 Å². The number of H-pyrrole nitrogens is 1. The van der Waals surface area contributed by atoms with E-state index in [-0.39, 0.29) is 5.56 Å². The van der Waals surface area contributed by atoms with E-state index in [0.717, 1.165) is 20.9 Å². The number of benzene rings is 1. The van der Waals surface area contributed by atoms with Crippen LogP contribution < -0.4 is 10.9 Å². The molecular formula is C15H16BrN3OS. The van der Waals surface area contributed by atoms with Gasteiger partial charge in [0.15, 0.2) is 0 Å². The summed E-state index contributed by atoms with van der Waals surface area (Å²) in [6.45, 7) is 0.670. The Kier molecular flexibility index (Phi) is 4.77. The number of nitrogens with zero attached hydrogens (tertiary/aromatic N) is 1. The van der Waals surface area contributed by atoms with Crippen LogP contribution in [-0.4, -0.2) is 16.0 Å². The standard InChI is InChI=1S/C15H16BrN3OS/c16-10-2-1-3-13(6-10)21-9-14-18-12(7-15(20)19-14)8-17-11-4-5-11/h1-3,6-7,11,17H,4-5,8-9H2,(H,18,19,20). The summed E-state index contributed by atoms with van der Waals surface area (Å²) in [4.78, 5) is 20.2. The minimum Gasteiger partial charge on any atom is -0.310 e. The monoisotopic (exact) mass is 365 g/mol. The van der Waals surface area contributed by atoms with Crippen molar-refractivity contribution in [3.8, 4) is 0 Å². The molecule has 21 heavy (non-hydrogen) atoms. The Labute approximate surface area is 135 Å². The maximum absolute atomic E-state index is 11.7. The summed E-state index contributed by atoms with van der Waals surface area (Å²) in [6, 6.07) is 10.3. The number of aromatic nitrogens is 2. The molecule has 0 saturated heterocycles. The minimum absolute atomic E-state index is 0.0811. The van der Waals surface area contributed by atoms with Gasteiger partial charge in [-0.2, -0.15) is 0 Å². The summed E-state index contributed by atoms with van der Waals surface area (Å²) < 4.78 is 1.05. The molecule has 2 N–H and O–H groups in total. The second-order valence-corrected chi connectivity index (χ2v) is 7.05. The molecule has 1 heterocycles. The van der Waals surface area contributed by atoms with Gasteiger partial charge >= 0.3 is 0 Å². The maximum Gasteiger partial charge on any atom is 0.251 e. The van der Waals surface area contributed by atoms with E-state index in [1.165, 1.54) is 12.8 Å². The van der Waals surface area contributed by atoms with E-state index in [4.69, 9.17) is 0 Å². The van der Waals surface area contributed by atoms with Crippen molar-refractivity contribution in [2.45, 2.75) is 36.1 Å². The van der Waals surface area contributed by atoms with Crippen LogP contribution in [0, 0.1) is 0 Å². The van der Waals surface area contributed by atoms with Crippen LogP contribution in [0.1, 0.15) is 24.4 Å². The zero-order valence-corrected chi connectivity index (χ0v) is 13.8. The summed E-state index contributed by atoms with van der Waals surface area (Å²) in [5.74, 6) is 1.38. The SMILES string of the molecule is O=c1cc(CNC2CC2)nc(CSc2cccc(Br)c2)[nH]1. The molecule has 0 spiro atoms. The van der Waals surface area contributed by atoms with Crippen LogP contribution >= 0.6 is 27.7 Å². The Morgan fingerprint density at radius 1 is 1.38 bits per heavy atom. The third-order valence-electron chi connectivity index (χ3n) is 3.16. The third-order valence-corrected chi connectivity index (χ3v) is 4.66. The third kappa shape index (κ3) is 4.69. The van der Waals surface area contributed by atoms with E-state index in [1.807, 2.05) is 18.2 Å². The van der Waals surface area contributed by atoms with Crippen LogP contribution in [0.2, 0.25) is 0 Å². The Bertz CT molecular complexity index is 685. The first kappa shape index (κ1) is 14.8. The normalized spacial score (nSPS) is 14.3. The molecule has 1 aliphatic carbocycles. The molecular weight excluding hydrogens is 350 g/mol. The van der Waals surface area contributed by atoms with Crippen molar-refractivity contribution in [3.05, 3.63) is 56.7 Å². The summed E-state index contributed by atoms with van der Waals surface area (Å²) in [5.41, 5.74) is 0.734. The van der Waals surface area contributed by atoms with Gasteiger partial charge in [0.1, 0.15) is 5.82 Å². The lowest BCUT2D eigenvalue weighted by atomic mass is 10.4. The Morgan fingerprint density at radius 3 is 3.00 bits per heavy atom. The number of halogens is 1. The van der Waals surface area contributed by atoms with Gasteiger partial charge in [0.05, 0.1) is 11.4 Å². The fraction of sp³-hybridized carbons (Fsp3) is 0.333. The lowest BCUT2D eigenvalue weighted by Crippen LogP contribution is -2.20. The second kappa shape index (κ2) is 6.77. The van der Waals surface area contributed by atoms with Crippen molar-refractivity contribution < 1.29 is 0 Å². The summed E-state index contributed by atoms with van der Waals surface area (Å²) in [5, 5.41) is 3.38. The zero-order chi connectivity index (χ0) is 14.7. The number of nitrogens with one attached hydrogen (secondary N) is 2. The second-order valence-electron chi connectivity index (χ2n) is 5.08. The van der Waals surface area contributed by atoms with Crippen LogP contribution in [0.4, 0.5) is 0 Å². The van der Waals surface area contributed by atoms with E-state index in [2.05, 4.69) is 37.3 Å². The van der Waals surface area contributed by atoms with Crippen LogP contribution in [0.5, 0.6) is 0 Å². The Hall–Kier alpha value is -1.11. The fourth-order valence-corrected chi connectivity index (χ4v) is 3.34. The Balaban J connectivity index is 1.65. The minimum atomic E-state index is -0.0811. The number of aromatic amines is 1. The van der Waals surface area contributed by atoms with Crippen molar-refractivity contribution >= 4 is 27.7 Å². The fourth-order valence-electron chi connectivity index (χ4n) is 1.97. The lowest BCUT2D eigenvalue weighted by molar-refractivity contribution is 0.668. The number of rotatable bonds is 6. The molecule has 2 aromatic rings. The Morgan fingerprint density at radius 2 is 2.24 bits per heavy atom. The largest absolute Gasteiger partial charge is 0.310 e. The van der Waals surface area contributed by atoms with Gasteiger partial charge in [0.25, 0.3) is 5.56 Å². The predicted molar refractivity (Wildman–Crippen MR) is 88.4 cm³/mol. The van der Waals surface area contributed by atoms with Crippen LogP contribution in [-0.2, 0) is 12.3 Å². The topological polar surface area (TPSA) is 57.8 Å². The molecule has 0 aliphatic heterocycles. The van der Waals surface area contributed by atoms with E-state index >= 15 is 0 Å². The molecule has 0 amide bonds. The molecule has 4 nitrogen and oxygen atoms in total. The number of hydrogen-bond donors (Lipinski definition) is 2. The highest BCUT2D eigenvalue weighted by atomic mass is 79.9. The summed E-state index contributed by atoms with van der Waals surface area (Å²) in [6.07, 6.45) is 2.46. The van der Waals surface area contributed by atoms with Crippen molar-refractivity contribution in [2.24, 2.45) is 0 Å². The van der Waals surface area contributed by atoms with Crippen molar-refractivity contribution in [3.63, 3.8) is 0 Å². The highest BCUT2D eigenvalue weighted by molar-refractivity contribution is 9.10. The predicted octanol–water partition coefficient (Wildman–Crippen LogP) is 3.08. The van der Waals surface area contributed by atoms with Gasteiger partial charge in [-0.05, 0) is 31.0 Å². The average molecular weight is 366 g/mol. The van der Waals surface area contributed by atoms with Gasteiger partial charge in [-0.25, -0.2) is 4.98 Å². The van der Waals surface area contributed by atoms with Crippen molar-refractivity contribution in [1.82, 2.24) is 15.3 Å². The summed E-state index contributed by atoms with van der Waals surface area (Å²) >= 11 is 5.12. The maximum atomic E-state index is 11.7. The molecule has 1 fully saturated rings.